The number of H-pyrrole nitrogens is 1. The molecule has 0 fully saturated rings. The van der Waals surface area contributed by atoms with Gasteiger partial charge in [-0.15, -0.1) is 0 Å². The molecule has 2 aromatic heterocycles. The third kappa shape index (κ3) is 1.87. The van der Waals surface area contributed by atoms with Crippen LogP contribution in [-0.2, 0) is 0 Å². The fraction of sp³-hybridized carbons (Fsp3) is 0. The van der Waals surface area contributed by atoms with Crippen molar-refractivity contribution in [2.24, 2.45) is 0 Å². The number of rotatable bonds is 1. The van der Waals surface area contributed by atoms with E-state index in [0.717, 1.165) is 16.6 Å². The summed E-state index contributed by atoms with van der Waals surface area (Å²) in [6, 6.07) is 29.7. The van der Waals surface area contributed by atoms with Crippen LogP contribution in [-0.4, -0.2) is 4.98 Å². The lowest BCUT2D eigenvalue weighted by Gasteiger charge is -2.02. The van der Waals surface area contributed by atoms with Gasteiger partial charge in [-0.1, -0.05) is 48.5 Å². The number of hydrogen-bond donors (Lipinski definition) is 1. The van der Waals surface area contributed by atoms with E-state index in [1.807, 2.05) is 12.1 Å². The molecule has 2 nitrogen and oxygen atoms in total. The van der Waals surface area contributed by atoms with Gasteiger partial charge >= 0.3 is 0 Å². The van der Waals surface area contributed by atoms with Crippen LogP contribution < -0.4 is 0 Å². The van der Waals surface area contributed by atoms with Crippen LogP contribution in [0.3, 0.4) is 0 Å². The van der Waals surface area contributed by atoms with Crippen LogP contribution in [0, 0.1) is 0 Å². The SMILES string of the molecule is c1ccc2c(c1)[nH]c1ccc(-c3ccc4c(c3)oc3ccccc34)cc12. The number of nitrogens with one attached hydrogen (secondary N) is 1. The predicted molar refractivity (Wildman–Crippen MR) is 109 cm³/mol. The molecule has 26 heavy (non-hydrogen) atoms. The summed E-state index contributed by atoms with van der Waals surface area (Å²) in [6.45, 7) is 0. The van der Waals surface area contributed by atoms with E-state index in [1.54, 1.807) is 0 Å². The second kappa shape index (κ2) is 4.99. The molecule has 6 rings (SSSR count). The highest BCUT2D eigenvalue weighted by Crippen LogP contribution is 2.34. The van der Waals surface area contributed by atoms with Crippen LogP contribution in [0.1, 0.15) is 0 Å². The highest BCUT2D eigenvalue weighted by Gasteiger charge is 2.09. The van der Waals surface area contributed by atoms with Gasteiger partial charge in [-0.2, -0.15) is 0 Å². The number of fused-ring (bicyclic) bond motifs is 6. The minimum atomic E-state index is 0.933. The Hall–Kier alpha value is -3.52. The number of furan rings is 1. The van der Waals surface area contributed by atoms with Crippen molar-refractivity contribution in [3.05, 3.63) is 84.9 Å². The third-order valence-electron chi connectivity index (χ3n) is 5.22. The number of aromatic nitrogens is 1. The summed E-state index contributed by atoms with van der Waals surface area (Å²) in [6.07, 6.45) is 0. The molecule has 6 aromatic rings. The Morgan fingerprint density at radius 1 is 0.500 bits per heavy atom. The lowest BCUT2D eigenvalue weighted by molar-refractivity contribution is 0.669. The van der Waals surface area contributed by atoms with E-state index < -0.39 is 0 Å². The summed E-state index contributed by atoms with van der Waals surface area (Å²) < 4.78 is 6.05. The molecule has 0 aliphatic carbocycles. The van der Waals surface area contributed by atoms with Gasteiger partial charge in [0.25, 0.3) is 0 Å². The monoisotopic (exact) mass is 333 g/mol. The van der Waals surface area contributed by atoms with E-state index in [2.05, 4.69) is 77.8 Å². The maximum atomic E-state index is 6.05. The Morgan fingerprint density at radius 3 is 2.15 bits per heavy atom. The van der Waals surface area contributed by atoms with Crippen molar-refractivity contribution in [1.29, 1.82) is 0 Å². The quantitative estimate of drug-likeness (QED) is 0.349. The van der Waals surface area contributed by atoms with E-state index in [-0.39, 0.29) is 0 Å². The van der Waals surface area contributed by atoms with Crippen molar-refractivity contribution in [1.82, 2.24) is 4.98 Å². The molecule has 0 unspecified atom stereocenters. The normalized spacial score (nSPS) is 11.8. The van der Waals surface area contributed by atoms with E-state index >= 15 is 0 Å². The fourth-order valence-electron chi connectivity index (χ4n) is 3.93. The highest BCUT2D eigenvalue weighted by molar-refractivity contribution is 6.09. The van der Waals surface area contributed by atoms with Gasteiger partial charge in [0.2, 0.25) is 0 Å². The molecule has 0 saturated carbocycles. The average molecular weight is 333 g/mol. The molecule has 0 atom stereocenters. The average Bonchev–Trinajstić information content (AvgIpc) is 3.25. The van der Waals surface area contributed by atoms with Gasteiger partial charge in [-0.05, 0) is 47.5 Å². The maximum absolute atomic E-state index is 6.05. The zero-order valence-corrected chi connectivity index (χ0v) is 14.0. The summed E-state index contributed by atoms with van der Waals surface area (Å²) in [7, 11) is 0. The molecule has 2 heterocycles. The summed E-state index contributed by atoms with van der Waals surface area (Å²) in [5.74, 6) is 0. The van der Waals surface area contributed by atoms with Crippen molar-refractivity contribution < 1.29 is 4.42 Å². The summed E-state index contributed by atoms with van der Waals surface area (Å²) in [4.78, 5) is 3.49. The molecule has 0 aliphatic rings. The fourth-order valence-corrected chi connectivity index (χ4v) is 3.93. The number of hydrogen-bond acceptors (Lipinski definition) is 1. The molecule has 122 valence electrons. The molecule has 1 N–H and O–H groups in total. The molecule has 4 aromatic carbocycles. The third-order valence-corrected chi connectivity index (χ3v) is 5.22. The molecule has 0 spiro atoms. The predicted octanol–water partition coefficient (Wildman–Crippen LogP) is 6.89. The molecule has 2 heteroatoms. The zero-order chi connectivity index (χ0) is 17.1. The van der Waals surface area contributed by atoms with Crippen LogP contribution >= 0.6 is 0 Å². The Bertz CT molecular complexity index is 1430. The summed E-state index contributed by atoms with van der Waals surface area (Å²) in [5, 5.41) is 4.84. The Balaban J connectivity index is 1.59. The first-order valence-corrected chi connectivity index (χ1v) is 8.79. The largest absolute Gasteiger partial charge is 0.456 e. The van der Waals surface area contributed by atoms with Gasteiger partial charge in [0, 0.05) is 32.6 Å². The maximum Gasteiger partial charge on any atom is 0.136 e. The first-order valence-electron chi connectivity index (χ1n) is 8.79. The minimum Gasteiger partial charge on any atom is -0.456 e. The van der Waals surface area contributed by atoms with Crippen molar-refractivity contribution in [3.8, 4) is 11.1 Å². The van der Waals surface area contributed by atoms with Gasteiger partial charge in [-0.3, -0.25) is 0 Å². The summed E-state index contributed by atoms with van der Waals surface area (Å²) in [5.41, 5.74) is 6.58. The Kier molecular flexibility index (Phi) is 2.64. The van der Waals surface area contributed by atoms with Gasteiger partial charge in [0.05, 0.1) is 0 Å². The number of benzene rings is 4. The van der Waals surface area contributed by atoms with Crippen LogP contribution in [0.4, 0.5) is 0 Å². The van der Waals surface area contributed by atoms with Gasteiger partial charge in [0.15, 0.2) is 0 Å². The van der Waals surface area contributed by atoms with E-state index in [0.29, 0.717) is 0 Å². The van der Waals surface area contributed by atoms with Crippen molar-refractivity contribution >= 4 is 43.7 Å². The summed E-state index contributed by atoms with van der Waals surface area (Å²) >= 11 is 0. The van der Waals surface area contributed by atoms with Crippen LogP contribution in [0.25, 0.3) is 54.9 Å². The zero-order valence-electron chi connectivity index (χ0n) is 14.0. The second-order valence-electron chi connectivity index (χ2n) is 6.74. The standard InChI is InChI=1S/C24H15NO/c1-3-7-21-17(5-1)20-13-15(10-12-22(20)25-21)16-9-11-19-18-6-2-4-8-23(18)26-24(19)14-16/h1-14,25H. The van der Waals surface area contributed by atoms with E-state index in [9.17, 15) is 0 Å². The lowest BCUT2D eigenvalue weighted by Crippen LogP contribution is -1.78. The van der Waals surface area contributed by atoms with Crippen LogP contribution in [0.5, 0.6) is 0 Å². The van der Waals surface area contributed by atoms with Gasteiger partial charge in [0.1, 0.15) is 11.2 Å². The number of para-hydroxylation sites is 2. The first kappa shape index (κ1) is 13.7. The molecule has 0 aliphatic heterocycles. The Labute approximate surface area is 149 Å². The number of aromatic amines is 1. The molecule has 0 amide bonds. The molecule has 0 radical (unpaired) electrons. The Morgan fingerprint density at radius 2 is 1.19 bits per heavy atom. The van der Waals surface area contributed by atoms with Crippen molar-refractivity contribution in [3.63, 3.8) is 0 Å². The molecular weight excluding hydrogens is 318 g/mol. The van der Waals surface area contributed by atoms with Crippen molar-refractivity contribution in [2.75, 3.05) is 0 Å². The first-order chi connectivity index (χ1) is 12.9. The van der Waals surface area contributed by atoms with E-state index in [4.69, 9.17) is 4.42 Å². The lowest BCUT2D eigenvalue weighted by atomic mass is 10.0. The van der Waals surface area contributed by atoms with Crippen LogP contribution in [0.15, 0.2) is 89.3 Å². The smallest absolute Gasteiger partial charge is 0.136 e. The highest BCUT2D eigenvalue weighted by atomic mass is 16.3. The molecular formula is C24H15NO. The molecule has 0 saturated heterocycles. The minimum absolute atomic E-state index is 0.933. The topological polar surface area (TPSA) is 28.9 Å². The van der Waals surface area contributed by atoms with Crippen LogP contribution in [0.2, 0.25) is 0 Å². The van der Waals surface area contributed by atoms with Crippen molar-refractivity contribution in [2.45, 2.75) is 0 Å². The van der Waals surface area contributed by atoms with Gasteiger partial charge < -0.3 is 9.40 Å². The second-order valence-corrected chi connectivity index (χ2v) is 6.74. The van der Waals surface area contributed by atoms with Gasteiger partial charge in [-0.25, -0.2) is 0 Å². The van der Waals surface area contributed by atoms with E-state index in [1.165, 1.54) is 38.3 Å². The molecule has 0 bridgehead atoms.